The Hall–Kier alpha value is -0.870. The van der Waals surface area contributed by atoms with E-state index >= 15 is 0 Å². The molecule has 104 valence electrons. The first-order valence-corrected chi connectivity index (χ1v) is 7.62. The molecule has 0 bridgehead atoms. The van der Waals surface area contributed by atoms with Crippen LogP contribution >= 0.6 is 15.9 Å². The fourth-order valence-corrected chi connectivity index (χ4v) is 2.93. The van der Waals surface area contributed by atoms with Gasteiger partial charge in [-0.25, -0.2) is 0 Å². The van der Waals surface area contributed by atoms with Gasteiger partial charge in [0.2, 0.25) is 0 Å². The number of carbonyl (C=O) groups is 1. The summed E-state index contributed by atoms with van der Waals surface area (Å²) >= 11 is 3.57. The zero-order chi connectivity index (χ0) is 13.7. The van der Waals surface area contributed by atoms with Crippen LogP contribution in [0.3, 0.4) is 0 Å². The van der Waals surface area contributed by atoms with Gasteiger partial charge in [-0.2, -0.15) is 0 Å². The summed E-state index contributed by atoms with van der Waals surface area (Å²) in [7, 11) is 0. The molecule has 0 aliphatic carbocycles. The van der Waals surface area contributed by atoms with Crippen LogP contribution in [0.4, 0.5) is 0 Å². The summed E-state index contributed by atoms with van der Waals surface area (Å²) in [5.74, 6) is -0.00415. The highest BCUT2D eigenvalue weighted by Crippen LogP contribution is 2.23. The molecule has 1 atom stereocenters. The van der Waals surface area contributed by atoms with Crippen LogP contribution in [0.2, 0.25) is 0 Å². The minimum Gasteiger partial charge on any atom is -0.466 e. The van der Waals surface area contributed by atoms with Crippen molar-refractivity contribution in [1.29, 1.82) is 0 Å². The molecule has 1 aliphatic heterocycles. The number of nitrogens with zero attached hydrogens (tertiary/aromatic N) is 1. The summed E-state index contributed by atoms with van der Waals surface area (Å²) in [6.45, 7) is 5.08. The summed E-state index contributed by atoms with van der Waals surface area (Å²) in [4.78, 5) is 14.1. The normalized spacial score (nSPS) is 20.2. The molecule has 1 aliphatic rings. The van der Waals surface area contributed by atoms with Crippen molar-refractivity contribution in [3.05, 3.63) is 34.3 Å². The fraction of sp³-hybridized carbons (Fsp3) is 0.533. The molecule has 0 unspecified atom stereocenters. The molecule has 0 spiro atoms. The number of likely N-dealkylation sites (tertiary alicyclic amines) is 1. The molecule has 0 saturated carbocycles. The third-order valence-electron chi connectivity index (χ3n) is 3.48. The second kappa shape index (κ2) is 7.06. The second-order valence-corrected chi connectivity index (χ2v) is 5.77. The average molecular weight is 326 g/mol. The Morgan fingerprint density at radius 2 is 2.26 bits per heavy atom. The van der Waals surface area contributed by atoms with Crippen molar-refractivity contribution >= 4 is 21.9 Å². The van der Waals surface area contributed by atoms with E-state index in [0.717, 1.165) is 36.9 Å². The lowest BCUT2D eigenvalue weighted by atomic mass is 9.98. The number of ether oxygens (including phenoxy) is 1. The Morgan fingerprint density at radius 1 is 1.47 bits per heavy atom. The molecule has 1 aromatic carbocycles. The maximum atomic E-state index is 11.8. The van der Waals surface area contributed by atoms with Crippen LogP contribution in [0.15, 0.2) is 28.7 Å². The van der Waals surface area contributed by atoms with Crippen LogP contribution < -0.4 is 0 Å². The fourth-order valence-electron chi connectivity index (χ4n) is 2.52. The third-order valence-corrected chi connectivity index (χ3v) is 4.25. The van der Waals surface area contributed by atoms with Crippen molar-refractivity contribution in [1.82, 2.24) is 4.90 Å². The van der Waals surface area contributed by atoms with Gasteiger partial charge in [0.1, 0.15) is 0 Å². The first-order valence-electron chi connectivity index (χ1n) is 6.83. The van der Waals surface area contributed by atoms with Gasteiger partial charge in [0.05, 0.1) is 12.5 Å². The van der Waals surface area contributed by atoms with E-state index in [2.05, 4.69) is 33.0 Å². The van der Waals surface area contributed by atoms with Crippen molar-refractivity contribution in [3.63, 3.8) is 0 Å². The van der Waals surface area contributed by atoms with Gasteiger partial charge in [-0.1, -0.05) is 34.1 Å². The van der Waals surface area contributed by atoms with Gasteiger partial charge >= 0.3 is 5.97 Å². The molecule has 1 aromatic rings. The van der Waals surface area contributed by atoms with Crippen LogP contribution in [0.5, 0.6) is 0 Å². The van der Waals surface area contributed by atoms with Crippen LogP contribution in [-0.2, 0) is 16.1 Å². The van der Waals surface area contributed by atoms with E-state index in [9.17, 15) is 4.79 Å². The van der Waals surface area contributed by atoms with Crippen molar-refractivity contribution in [3.8, 4) is 0 Å². The molecule has 19 heavy (non-hydrogen) atoms. The quantitative estimate of drug-likeness (QED) is 0.796. The smallest absolute Gasteiger partial charge is 0.310 e. The van der Waals surface area contributed by atoms with E-state index in [1.165, 1.54) is 5.56 Å². The van der Waals surface area contributed by atoms with E-state index in [1.807, 2.05) is 19.1 Å². The lowest BCUT2D eigenvalue weighted by Gasteiger charge is -2.31. The highest BCUT2D eigenvalue weighted by molar-refractivity contribution is 9.10. The van der Waals surface area contributed by atoms with Crippen LogP contribution in [0.1, 0.15) is 25.3 Å². The monoisotopic (exact) mass is 325 g/mol. The third kappa shape index (κ3) is 4.05. The van der Waals surface area contributed by atoms with E-state index in [0.29, 0.717) is 6.61 Å². The summed E-state index contributed by atoms with van der Waals surface area (Å²) < 4.78 is 6.26. The number of rotatable bonds is 4. The molecule has 3 nitrogen and oxygen atoms in total. The highest BCUT2D eigenvalue weighted by atomic mass is 79.9. The minimum atomic E-state index is -0.0423. The maximum absolute atomic E-state index is 11.8. The lowest BCUT2D eigenvalue weighted by molar-refractivity contribution is -0.150. The van der Waals surface area contributed by atoms with Gasteiger partial charge in [0.25, 0.3) is 0 Å². The van der Waals surface area contributed by atoms with Crippen molar-refractivity contribution in [2.24, 2.45) is 5.92 Å². The Bertz CT molecular complexity index is 436. The number of esters is 1. The van der Waals surface area contributed by atoms with Crippen molar-refractivity contribution in [2.75, 3.05) is 19.7 Å². The number of benzene rings is 1. The first-order chi connectivity index (χ1) is 9.20. The van der Waals surface area contributed by atoms with Crippen LogP contribution in [-0.4, -0.2) is 30.6 Å². The molecule has 0 radical (unpaired) electrons. The summed E-state index contributed by atoms with van der Waals surface area (Å²) in [6, 6.07) is 8.25. The number of carbonyl (C=O) groups excluding carboxylic acids is 1. The molecule has 0 N–H and O–H groups in total. The molecule has 1 heterocycles. The Kier molecular flexibility index (Phi) is 5.40. The molecule has 0 amide bonds. The zero-order valence-electron chi connectivity index (χ0n) is 11.3. The Labute approximate surface area is 123 Å². The molecule has 4 heteroatoms. The summed E-state index contributed by atoms with van der Waals surface area (Å²) in [5.41, 5.74) is 1.27. The molecular formula is C15H20BrNO2. The second-order valence-electron chi connectivity index (χ2n) is 4.92. The Morgan fingerprint density at radius 3 is 3.00 bits per heavy atom. The van der Waals surface area contributed by atoms with Gasteiger partial charge in [-0.15, -0.1) is 0 Å². The lowest BCUT2D eigenvalue weighted by Crippen LogP contribution is -2.39. The Balaban J connectivity index is 1.94. The van der Waals surface area contributed by atoms with Gasteiger partial charge in [0.15, 0.2) is 0 Å². The zero-order valence-corrected chi connectivity index (χ0v) is 12.9. The van der Waals surface area contributed by atoms with Crippen LogP contribution in [0.25, 0.3) is 0 Å². The van der Waals surface area contributed by atoms with Gasteiger partial charge in [0, 0.05) is 17.6 Å². The molecular weight excluding hydrogens is 306 g/mol. The molecule has 1 fully saturated rings. The predicted molar refractivity (Wildman–Crippen MR) is 78.8 cm³/mol. The van der Waals surface area contributed by atoms with E-state index in [4.69, 9.17) is 4.74 Å². The maximum Gasteiger partial charge on any atom is 0.310 e. The van der Waals surface area contributed by atoms with Gasteiger partial charge in [-0.3, -0.25) is 9.69 Å². The number of hydrogen-bond acceptors (Lipinski definition) is 3. The van der Waals surface area contributed by atoms with E-state index in [-0.39, 0.29) is 11.9 Å². The summed E-state index contributed by atoms with van der Waals surface area (Å²) in [5, 5.41) is 0. The van der Waals surface area contributed by atoms with E-state index < -0.39 is 0 Å². The van der Waals surface area contributed by atoms with Crippen LogP contribution in [0, 0.1) is 5.92 Å². The standard InChI is InChI=1S/C15H20BrNO2/c1-2-19-15(18)13-7-5-9-17(11-13)10-12-6-3-4-8-14(12)16/h3-4,6,8,13H,2,5,7,9-11H2,1H3/t13-/m0/s1. The average Bonchev–Trinajstić information content (AvgIpc) is 2.42. The molecule has 1 saturated heterocycles. The first kappa shape index (κ1) is 14.5. The van der Waals surface area contributed by atoms with Gasteiger partial charge < -0.3 is 4.74 Å². The van der Waals surface area contributed by atoms with E-state index in [1.54, 1.807) is 0 Å². The molecule has 2 rings (SSSR count). The van der Waals surface area contributed by atoms with Crippen molar-refractivity contribution < 1.29 is 9.53 Å². The summed E-state index contributed by atoms with van der Waals surface area (Å²) in [6.07, 6.45) is 2.01. The number of piperidine rings is 1. The predicted octanol–water partition coefficient (Wildman–Crippen LogP) is 3.22. The number of hydrogen-bond donors (Lipinski definition) is 0. The van der Waals surface area contributed by atoms with Gasteiger partial charge in [-0.05, 0) is 37.9 Å². The number of halogens is 1. The topological polar surface area (TPSA) is 29.5 Å². The minimum absolute atomic E-state index is 0.0381. The molecule has 0 aromatic heterocycles. The van der Waals surface area contributed by atoms with Crippen molar-refractivity contribution in [2.45, 2.75) is 26.3 Å². The highest BCUT2D eigenvalue weighted by Gasteiger charge is 2.26. The largest absolute Gasteiger partial charge is 0.466 e. The SMILES string of the molecule is CCOC(=O)[C@H]1CCCN(Cc2ccccc2Br)C1.